The molecule has 7 heteroatoms. The summed E-state index contributed by atoms with van der Waals surface area (Å²) >= 11 is 1.34. The molecule has 0 aliphatic carbocycles. The number of aromatic nitrogens is 1. The van der Waals surface area contributed by atoms with Gasteiger partial charge in [-0.2, -0.15) is 5.26 Å². The Hall–Kier alpha value is -2.72. The van der Waals surface area contributed by atoms with Crippen LogP contribution in [-0.4, -0.2) is 42.3 Å². The van der Waals surface area contributed by atoms with E-state index in [9.17, 15) is 10.1 Å². The molecule has 2 aromatic rings. The second kappa shape index (κ2) is 8.75. The van der Waals surface area contributed by atoms with Crippen LogP contribution in [0.3, 0.4) is 0 Å². The number of nitrogens with zero attached hydrogens (tertiary/aromatic N) is 3. The maximum Gasteiger partial charge on any atom is 0.233 e. The van der Waals surface area contributed by atoms with Crippen molar-refractivity contribution in [3.8, 4) is 17.6 Å². The maximum absolute atomic E-state index is 12.8. The zero-order valence-electron chi connectivity index (χ0n) is 17.5. The van der Waals surface area contributed by atoms with Crippen molar-refractivity contribution in [1.29, 1.82) is 5.26 Å². The van der Waals surface area contributed by atoms with Gasteiger partial charge in [-0.25, -0.2) is 4.98 Å². The molecule has 1 aromatic heterocycles. The summed E-state index contributed by atoms with van der Waals surface area (Å²) in [5.41, 5.74) is 5.66. The molecule has 0 fully saturated rings. The van der Waals surface area contributed by atoms with Gasteiger partial charge in [0.15, 0.2) is 11.5 Å². The van der Waals surface area contributed by atoms with Crippen molar-refractivity contribution in [3.05, 3.63) is 45.6 Å². The van der Waals surface area contributed by atoms with Crippen molar-refractivity contribution in [3.63, 3.8) is 0 Å². The number of methoxy groups -OCH3 is 2. The number of hydrogen-bond acceptors (Lipinski definition) is 6. The average Bonchev–Trinajstić information content (AvgIpc) is 2.74. The number of carbonyl (C=O) groups is 1. The zero-order valence-corrected chi connectivity index (χ0v) is 18.3. The molecule has 0 N–H and O–H groups in total. The van der Waals surface area contributed by atoms with Crippen LogP contribution in [0.1, 0.15) is 33.5 Å². The second-order valence-electron chi connectivity index (χ2n) is 7.07. The molecular formula is C22H25N3O3S. The molecule has 29 heavy (non-hydrogen) atoms. The lowest BCUT2D eigenvalue weighted by Crippen LogP contribution is -2.37. The average molecular weight is 412 g/mol. The first-order chi connectivity index (χ1) is 13.9. The summed E-state index contributed by atoms with van der Waals surface area (Å²) < 4.78 is 10.8. The lowest BCUT2D eigenvalue weighted by atomic mass is 9.99. The third-order valence-corrected chi connectivity index (χ3v) is 6.44. The first-order valence-corrected chi connectivity index (χ1v) is 10.4. The highest BCUT2D eigenvalue weighted by atomic mass is 32.2. The molecule has 0 unspecified atom stereocenters. The Bertz CT molecular complexity index is 998. The molecule has 0 saturated carbocycles. The van der Waals surface area contributed by atoms with Gasteiger partial charge in [0.25, 0.3) is 0 Å². The van der Waals surface area contributed by atoms with E-state index in [1.54, 1.807) is 14.2 Å². The minimum absolute atomic E-state index is 0.0389. The van der Waals surface area contributed by atoms with Gasteiger partial charge in [0.2, 0.25) is 5.91 Å². The van der Waals surface area contributed by atoms with Crippen molar-refractivity contribution in [2.45, 2.75) is 38.8 Å². The summed E-state index contributed by atoms with van der Waals surface area (Å²) in [6, 6.07) is 6.18. The van der Waals surface area contributed by atoms with Crippen LogP contribution in [0.15, 0.2) is 17.2 Å². The number of thioether (sulfide) groups is 1. The molecule has 1 aliphatic rings. The first-order valence-electron chi connectivity index (χ1n) is 9.41. The summed E-state index contributed by atoms with van der Waals surface area (Å²) in [6.45, 7) is 7.02. The normalized spacial score (nSPS) is 12.9. The number of fused-ring (bicyclic) bond motifs is 1. The van der Waals surface area contributed by atoms with Crippen LogP contribution < -0.4 is 9.47 Å². The highest BCUT2D eigenvalue weighted by Crippen LogP contribution is 2.33. The summed E-state index contributed by atoms with van der Waals surface area (Å²) in [6.07, 6.45) is 0.774. The minimum Gasteiger partial charge on any atom is -0.493 e. The van der Waals surface area contributed by atoms with Gasteiger partial charge >= 0.3 is 0 Å². The lowest BCUT2D eigenvalue weighted by molar-refractivity contribution is -0.129. The molecule has 1 aromatic carbocycles. The van der Waals surface area contributed by atoms with Crippen molar-refractivity contribution in [2.75, 3.05) is 26.5 Å². The Morgan fingerprint density at radius 1 is 1.17 bits per heavy atom. The number of aryl methyl sites for hydroxylation is 1. The van der Waals surface area contributed by atoms with Crippen LogP contribution in [0.2, 0.25) is 0 Å². The van der Waals surface area contributed by atoms with Gasteiger partial charge in [0, 0.05) is 18.8 Å². The SMILES string of the molecule is COc1cc2c(cc1OC)CN(C(=O)CSc1nc(C)c(C)c(C)c1C#N)CC2. The molecule has 0 atom stereocenters. The van der Waals surface area contributed by atoms with E-state index >= 15 is 0 Å². The van der Waals surface area contributed by atoms with Crippen LogP contribution in [-0.2, 0) is 17.8 Å². The van der Waals surface area contributed by atoms with E-state index < -0.39 is 0 Å². The van der Waals surface area contributed by atoms with Crippen LogP contribution in [0.4, 0.5) is 0 Å². The topological polar surface area (TPSA) is 75.5 Å². The van der Waals surface area contributed by atoms with Gasteiger partial charge in [-0.05, 0) is 61.6 Å². The zero-order chi connectivity index (χ0) is 21.1. The Labute approximate surface area is 175 Å². The molecule has 2 heterocycles. The Kier molecular flexibility index (Phi) is 6.33. The molecule has 1 amide bonds. The number of benzene rings is 1. The number of nitriles is 1. The molecule has 1 aliphatic heterocycles. The number of ether oxygens (including phenoxy) is 2. The van der Waals surface area contributed by atoms with E-state index in [1.165, 1.54) is 17.3 Å². The van der Waals surface area contributed by atoms with Gasteiger partial charge in [-0.3, -0.25) is 4.79 Å². The number of pyridine rings is 1. The predicted molar refractivity (Wildman–Crippen MR) is 113 cm³/mol. The third kappa shape index (κ3) is 4.18. The van der Waals surface area contributed by atoms with E-state index in [4.69, 9.17) is 9.47 Å². The molecule has 0 spiro atoms. The van der Waals surface area contributed by atoms with Crippen LogP contribution >= 0.6 is 11.8 Å². The molecule has 152 valence electrons. The largest absolute Gasteiger partial charge is 0.493 e. The predicted octanol–water partition coefficient (Wildman–Crippen LogP) is 3.57. The lowest BCUT2D eigenvalue weighted by Gasteiger charge is -2.29. The third-order valence-electron chi connectivity index (χ3n) is 5.48. The number of rotatable bonds is 5. The first kappa shape index (κ1) is 21.0. The smallest absolute Gasteiger partial charge is 0.233 e. The van der Waals surface area contributed by atoms with Crippen LogP contribution in [0.5, 0.6) is 11.5 Å². The van der Waals surface area contributed by atoms with E-state index in [2.05, 4.69) is 11.1 Å². The van der Waals surface area contributed by atoms with Gasteiger partial charge in [-0.15, -0.1) is 0 Å². The van der Waals surface area contributed by atoms with Crippen LogP contribution in [0.25, 0.3) is 0 Å². The Morgan fingerprint density at radius 2 is 1.83 bits per heavy atom. The van der Waals surface area contributed by atoms with Gasteiger partial charge in [0.1, 0.15) is 11.1 Å². The summed E-state index contributed by atoms with van der Waals surface area (Å²) in [4.78, 5) is 19.2. The van der Waals surface area contributed by atoms with Gasteiger partial charge < -0.3 is 14.4 Å². The van der Waals surface area contributed by atoms with Crippen molar-refractivity contribution < 1.29 is 14.3 Å². The standard InChI is InChI=1S/C22H25N3O3S/c1-13-14(2)18(10-23)22(24-15(13)3)29-12-21(26)25-7-6-16-8-19(27-4)20(28-5)9-17(16)11-25/h8-9H,6-7,11-12H2,1-5H3. The Balaban J connectivity index is 1.73. The summed E-state index contributed by atoms with van der Waals surface area (Å²) in [7, 11) is 3.23. The van der Waals surface area contributed by atoms with Crippen molar-refractivity contribution >= 4 is 17.7 Å². The molecular weight excluding hydrogens is 386 g/mol. The van der Waals surface area contributed by atoms with Crippen LogP contribution in [0, 0.1) is 32.1 Å². The van der Waals surface area contributed by atoms with E-state index in [-0.39, 0.29) is 11.7 Å². The molecule has 0 radical (unpaired) electrons. The quantitative estimate of drug-likeness (QED) is 0.700. The fourth-order valence-electron chi connectivity index (χ4n) is 3.46. The molecule has 6 nitrogen and oxygen atoms in total. The number of carbonyl (C=O) groups excluding carboxylic acids is 1. The summed E-state index contributed by atoms with van der Waals surface area (Å²) in [5.74, 6) is 1.67. The van der Waals surface area contributed by atoms with Crippen molar-refractivity contribution in [2.24, 2.45) is 0 Å². The van der Waals surface area contributed by atoms with Gasteiger partial charge in [0.05, 0.1) is 25.5 Å². The van der Waals surface area contributed by atoms with E-state index in [0.29, 0.717) is 35.2 Å². The maximum atomic E-state index is 12.8. The Morgan fingerprint density at radius 3 is 2.45 bits per heavy atom. The number of amides is 1. The highest BCUT2D eigenvalue weighted by Gasteiger charge is 2.23. The van der Waals surface area contributed by atoms with Gasteiger partial charge in [-0.1, -0.05) is 11.8 Å². The number of hydrogen-bond donors (Lipinski definition) is 0. The minimum atomic E-state index is 0.0389. The fraction of sp³-hybridized carbons (Fsp3) is 0.409. The molecule has 0 saturated heterocycles. The molecule has 3 rings (SSSR count). The molecule has 0 bridgehead atoms. The fourth-order valence-corrected chi connectivity index (χ4v) is 4.45. The summed E-state index contributed by atoms with van der Waals surface area (Å²) in [5, 5.41) is 10.1. The van der Waals surface area contributed by atoms with E-state index in [0.717, 1.165) is 28.8 Å². The highest BCUT2D eigenvalue weighted by molar-refractivity contribution is 8.00. The second-order valence-corrected chi connectivity index (χ2v) is 8.03. The van der Waals surface area contributed by atoms with Crippen molar-refractivity contribution in [1.82, 2.24) is 9.88 Å². The van der Waals surface area contributed by atoms with E-state index in [1.807, 2.05) is 37.8 Å². The monoisotopic (exact) mass is 411 g/mol.